The summed E-state index contributed by atoms with van der Waals surface area (Å²) in [6.07, 6.45) is 5.80. The van der Waals surface area contributed by atoms with Crippen LogP contribution in [0.15, 0.2) is 0 Å². The molecule has 31 heavy (non-hydrogen) atoms. The average molecular weight is 437 g/mol. The maximum atomic E-state index is 11.7. The molecule has 6 nitrogen and oxygen atoms in total. The van der Waals surface area contributed by atoms with Crippen molar-refractivity contribution in [2.45, 2.75) is 110 Å². The topological polar surface area (TPSA) is 93.1 Å². The molecule has 0 unspecified atom stereocenters. The molecule has 2 N–H and O–H groups in total. The van der Waals surface area contributed by atoms with Crippen LogP contribution in [0.2, 0.25) is 0 Å². The van der Waals surface area contributed by atoms with E-state index >= 15 is 0 Å². The molecule has 0 spiro atoms. The van der Waals surface area contributed by atoms with E-state index in [1.54, 1.807) is 6.92 Å². The van der Waals surface area contributed by atoms with E-state index in [-0.39, 0.29) is 29.4 Å². The molecule has 0 heterocycles. The van der Waals surface area contributed by atoms with Crippen LogP contribution in [0.3, 0.4) is 0 Å². The first-order chi connectivity index (χ1) is 14.4. The van der Waals surface area contributed by atoms with Crippen LogP contribution in [-0.2, 0) is 19.1 Å². The highest BCUT2D eigenvalue weighted by atomic mass is 16.6. The standard InChI is InChI=1S/C25H40O6/c1-14(30-15(2)26)25(29)11-9-20-19-7-6-17-12-18(31-16(3)27)8-10-23(17,4)22(19)21(28)13-24(20,25)5/h14,17-22,28-29H,6-13H2,1-5H3/t14-,17-,18-,19+,20-,21+,22+,23+,24+,25-/m1/s1. The quantitative estimate of drug-likeness (QED) is 0.657. The minimum absolute atomic E-state index is 0.000671. The molecular weight excluding hydrogens is 396 g/mol. The number of hydrogen-bond acceptors (Lipinski definition) is 6. The lowest BCUT2D eigenvalue weighted by molar-refractivity contribution is -0.224. The molecule has 4 fully saturated rings. The SMILES string of the molecule is CC(=O)O[C@@H]1CC[C@@]2(C)[C@H](CC[C@@H]3[C@H]2[C@@H](O)C[C@@]2(C)[C@@H]3CC[C@@]2(O)[C@@H](C)OC(C)=O)C1. The lowest BCUT2D eigenvalue weighted by Crippen LogP contribution is -2.63. The van der Waals surface area contributed by atoms with Gasteiger partial charge in [-0.3, -0.25) is 9.59 Å². The van der Waals surface area contributed by atoms with Crippen LogP contribution < -0.4 is 0 Å². The number of fused-ring (bicyclic) bond motifs is 5. The number of aliphatic hydroxyl groups excluding tert-OH is 1. The van der Waals surface area contributed by atoms with Crippen molar-refractivity contribution >= 4 is 11.9 Å². The fraction of sp³-hybridized carbons (Fsp3) is 0.920. The molecule has 0 amide bonds. The maximum absolute atomic E-state index is 11.7. The number of esters is 2. The second-order valence-corrected chi connectivity index (χ2v) is 11.5. The summed E-state index contributed by atoms with van der Waals surface area (Å²) in [6.45, 7) is 9.11. The fourth-order valence-corrected chi connectivity index (χ4v) is 8.74. The van der Waals surface area contributed by atoms with Crippen LogP contribution in [0, 0.1) is 34.5 Å². The van der Waals surface area contributed by atoms with Gasteiger partial charge in [0.15, 0.2) is 0 Å². The van der Waals surface area contributed by atoms with E-state index in [9.17, 15) is 19.8 Å². The molecule has 0 aromatic heterocycles. The zero-order valence-electron chi connectivity index (χ0n) is 19.7. The van der Waals surface area contributed by atoms with Crippen molar-refractivity contribution in [3.63, 3.8) is 0 Å². The summed E-state index contributed by atoms with van der Waals surface area (Å²) >= 11 is 0. The second-order valence-electron chi connectivity index (χ2n) is 11.5. The summed E-state index contributed by atoms with van der Waals surface area (Å²) in [5.41, 5.74) is -1.55. The smallest absolute Gasteiger partial charge is 0.302 e. The summed E-state index contributed by atoms with van der Waals surface area (Å²) < 4.78 is 11.0. The van der Waals surface area contributed by atoms with Gasteiger partial charge in [-0.25, -0.2) is 0 Å². The number of rotatable bonds is 3. The summed E-state index contributed by atoms with van der Waals surface area (Å²) in [5.74, 6) is 0.745. The van der Waals surface area contributed by atoms with Crippen LogP contribution >= 0.6 is 0 Å². The monoisotopic (exact) mass is 436 g/mol. The van der Waals surface area contributed by atoms with Gasteiger partial charge in [0, 0.05) is 19.3 Å². The molecule has 4 aliphatic rings. The van der Waals surface area contributed by atoms with Crippen molar-refractivity contribution in [3.05, 3.63) is 0 Å². The molecule has 0 radical (unpaired) electrons. The number of aliphatic hydroxyl groups is 2. The third kappa shape index (κ3) is 3.43. The van der Waals surface area contributed by atoms with Crippen LogP contribution in [-0.4, -0.2) is 46.1 Å². The number of hydrogen-bond donors (Lipinski definition) is 2. The molecule has 4 saturated carbocycles. The molecule has 0 aliphatic heterocycles. The van der Waals surface area contributed by atoms with Gasteiger partial charge < -0.3 is 19.7 Å². The van der Waals surface area contributed by atoms with E-state index in [1.807, 2.05) is 0 Å². The van der Waals surface area contributed by atoms with Gasteiger partial charge in [-0.15, -0.1) is 0 Å². The third-order valence-corrected chi connectivity index (χ3v) is 10.1. The molecule has 4 rings (SSSR count). The van der Waals surface area contributed by atoms with Crippen molar-refractivity contribution < 1.29 is 29.3 Å². The van der Waals surface area contributed by atoms with E-state index < -0.39 is 23.2 Å². The largest absolute Gasteiger partial charge is 0.463 e. The normalized spacial score (nSPS) is 49.9. The van der Waals surface area contributed by atoms with Crippen LogP contribution in [0.25, 0.3) is 0 Å². The van der Waals surface area contributed by atoms with Crippen molar-refractivity contribution in [2.24, 2.45) is 34.5 Å². The average Bonchev–Trinajstić information content (AvgIpc) is 2.92. The summed E-state index contributed by atoms with van der Waals surface area (Å²) in [6, 6.07) is 0. The Balaban J connectivity index is 1.59. The van der Waals surface area contributed by atoms with Gasteiger partial charge in [0.05, 0.1) is 6.10 Å². The number of ether oxygens (including phenoxy) is 2. The van der Waals surface area contributed by atoms with Crippen molar-refractivity contribution in [3.8, 4) is 0 Å². The van der Waals surface area contributed by atoms with Crippen LogP contribution in [0.5, 0.6) is 0 Å². The van der Waals surface area contributed by atoms with Gasteiger partial charge in [-0.1, -0.05) is 13.8 Å². The second kappa shape index (κ2) is 7.72. The molecule has 0 aromatic carbocycles. The van der Waals surface area contributed by atoms with Gasteiger partial charge in [0.1, 0.15) is 17.8 Å². The Morgan fingerprint density at radius 1 is 1.03 bits per heavy atom. The molecule has 176 valence electrons. The van der Waals surface area contributed by atoms with Gasteiger partial charge in [0.25, 0.3) is 0 Å². The summed E-state index contributed by atoms with van der Waals surface area (Å²) in [4.78, 5) is 23.0. The Hall–Kier alpha value is -1.14. The highest BCUT2D eigenvalue weighted by Crippen LogP contribution is 2.68. The Labute approximate surface area is 186 Å². The van der Waals surface area contributed by atoms with Gasteiger partial charge in [0.2, 0.25) is 0 Å². The third-order valence-electron chi connectivity index (χ3n) is 10.1. The van der Waals surface area contributed by atoms with Gasteiger partial charge in [-0.05, 0) is 87.4 Å². The minimum Gasteiger partial charge on any atom is -0.463 e. The van der Waals surface area contributed by atoms with E-state index in [1.165, 1.54) is 13.8 Å². The molecular formula is C25H40O6. The zero-order chi connectivity index (χ0) is 22.8. The minimum atomic E-state index is -1.11. The van der Waals surface area contributed by atoms with Crippen molar-refractivity contribution in [1.29, 1.82) is 0 Å². The van der Waals surface area contributed by atoms with Crippen LogP contribution in [0.1, 0.15) is 86.0 Å². The molecule has 10 atom stereocenters. The van der Waals surface area contributed by atoms with E-state index in [0.29, 0.717) is 30.6 Å². The zero-order valence-corrected chi connectivity index (χ0v) is 19.7. The molecule has 4 aliphatic carbocycles. The number of carbonyl (C=O) groups excluding carboxylic acids is 2. The van der Waals surface area contributed by atoms with Gasteiger partial charge in [-0.2, -0.15) is 0 Å². The van der Waals surface area contributed by atoms with Crippen molar-refractivity contribution in [1.82, 2.24) is 0 Å². The first-order valence-electron chi connectivity index (χ1n) is 12.2. The van der Waals surface area contributed by atoms with E-state index in [4.69, 9.17) is 9.47 Å². The van der Waals surface area contributed by atoms with E-state index in [2.05, 4.69) is 13.8 Å². The molecule has 0 saturated heterocycles. The highest BCUT2D eigenvalue weighted by molar-refractivity contribution is 5.66. The Morgan fingerprint density at radius 3 is 2.39 bits per heavy atom. The summed E-state index contributed by atoms with van der Waals surface area (Å²) in [7, 11) is 0. The predicted octanol–water partition coefficient (Wildman–Crippen LogP) is 3.61. The van der Waals surface area contributed by atoms with Gasteiger partial charge >= 0.3 is 11.9 Å². The molecule has 0 bridgehead atoms. The molecule has 0 aromatic rings. The lowest BCUT2D eigenvalue weighted by Gasteiger charge is -2.63. The predicted molar refractivity (Wildman–Crippen MR) is 115 cm³/mol. The Morgan fingerprint density at radius 2 is 1.74 bits per heavy atom. The van der Waals surface area contributed by atoms with Crippen molar-refractivity contribution in [2.75, 3.05) is 0 Å². The van der Waals surface area contributed by atoms with E-state index in [0.717, 1.165) is 38.5 Å². The summed E-state index contributed by atoms with van der Waals surface area (Å²) in [5, 5.41) is 23.3. The first-order valence-corrected chi connectivity index (χ1v) is 12.2. The molecule has 6 heteroatoms. The Kier molecular flexibility index (Phi) is 5.74. The number of carbonyl (C=O) groups is 2. The first kappa shape index (κ1) is 23.0. The maximum Gasteiger partial charge on any atom is 0.302 e. The highest BCUT2D eigenvalue weighted by Gasteiger charge is 2.68. The van der Waals surface area contributed by atoms with Crippen LogP contribution in [0.4, 0.5) is 0 Å². The fourth-order valence-electron chi connectivity index (χ4n) is 8.74. The lowest BCUT2D eigenvalue weighted by atomic mass is 9.43. The Bertz CT molecular complexity index is 738.